The highest BCUT2D eigenvalue weighted by Gasteiger charge is 2.44. The minimum atomic E-state index is -0.499. The van der Waals surface area contributed by atoms with Crippen LogP contribution in [0.25, 0.3) is 22.3 Å². The van der Waals surface area contributed by atoms with Gasteiger partial charge in [0.15, 0.2) is 6.23 Å². The zero-order valence-corrected chi connectivity index (χ0v) is 26.0. The molecule has 3 N–H and O–H groups in total. The second-order valence-corrected chi connectivity index (χ2v) is 12.4. The van der Waals surface area contributed by atoms with Gasteiger partial charge in [0.1, 0.15) is 23.2 Å². The van der Waals surface area contributed by atoms with E-state index >= 15 is 0 Å². The number of hydrogen-bond donors (Lipinski definition) is 2. The summed E-state index contributed by atoms with van der Waals surface area (Å²) in [5.74, 6) is 0.437. The molecule has 0 bridgehead atoms. The first-order chi connectivity index (χ1) is 21.3. The largest absolute Gasteiger partial charge is 0.486 e. The molecule has 13 heteroatoms. The van der Waals surface area contributed by atoms with Gasteiger partial charge in [-0.2, -0.15) is 15.3 Å². The molecule has 0 saturated carbocycles. The molecule has 3 atom stereocenters. The fourth-order valence-electron chi connectivity index (χ4n) is 6.16. The van der Waals surface area contributed by atoms with Crippen LogP contribution in [0, 0.1) is 0 Å². The van der Waals surface area contributed by atoms with Crippen LogP contribution >= 0.6 is 23.2 Å². The first-order valence-electron chi connectivity index (χ1n) is 14.7. The number of rotatable bonds is 8. The summed E-state index contributed by atoms with van der Waals surface area (Å²) in [5, 5.41) is 24.1. The fourth-order valence-corrected chi connectivity index (χ4v) is 6.83. The maximum absolute atomic E-state index is 6.80. The summed E-state index contributed by atoms with van der Waals surface area (Å²) in [6, 6.07) is 11.8. The van der Waals surface area contributed by atoms with E-state index in [1.54, 1.807) is 17.1 Å². The summed E-state index contributed by atoms with van der Waals surface area (Å²) in [7, 11) is 1.90. The number of halogens is 2. The van der Waals surface area contributed by atoms with Gasteiger partial charge in [0.2, 0.25) is 0 Å². The van der Waals surface area contributed by atoms with Crippen molar-refractivity contribution in [1.29, 1.82) is 0 Å². The number of aromatic nitrogens is 7. The number of aryl methyl sites for hydroxylation is 1. The molecule has 0 amide bonds. The van der Waals surface area contributed by atoms with Gasteiger partial charge in [-0.1, -0.05) is 23.2 Å². The third-order valence-electron chi connectivity index (χ3n) is 8.45. The van der Waals surface area contributed by atoms with E-state index in [4.69, 9.17) is 48.6 Å². The van der Waals surface area contributed by atoms with E-state index in [2.05, 4.69) is 20.5 Å². The molecule has 0 radical (unpaired) electrons. The number of fused-ring (bicyclic) bond motifs is 1. The maximum Gasteiger partial charge on any atom is 0.150 e. The minimum absolute atomic E-state index is 0.163. The van der Waals surface area contributed by atoms with Gasteiger partial charge >= 0.3 is 0 Å². The molecule has 2 fully saturated rings. The molecule has 7 rings (SSSR count). The van der Waals surface area contributed by atoms with E-state index in [0.29, 0.717) is 52.4 Å². The molecular formula is C31H33Cl2N9O2. The van der Waals surface area contributed by atoms with Crippen molar-refractivity contribution < 1.29 is 9.47 Å². The van der Waals surface area contributed by atoms with Crippen LogP contribution in [0.4, 0.5) is 0 Å². The Kier molecular flexibility index (Phi) is 7.75. The molecule has 4 aromatic heterocycles. The van der Waals surface area contributed by atoms with Crippen LogP contribution in [-0.2, 0) is 11.8 Å². The Hall–Kier alpha value is -3.61. The van der Waals surface area contributed by atoms with Gasteiger partial charge in [-0.3, -0.25) is 9.67 Å². The van der Waals surface area contributed by atoms with Crippen LogP contribution < -0.4 is 15.8 Å². The van der Waals surface area contributed by atoms with E-state index in [1.807, 2.05) is 61.2 Å². The Morgan fingerprint density at radius 2 is 1.86 bits per heavy atom. The van der Waals surface area contributed by atoms with Gasteiger partial charge in [-0.15, -0.1) is 5.10 Å². The topological polar surface area (TPSA) is 131 Å². The standard InChI is InChI=1S/C31H33Cl2N9O2/c1-18(28-21(32)14-35-15-22(28)33)44-19-6-9-26-20(13-19)30(40-42(26)27-5-3-4-12-43-27)25-8-7-23(37-38-25)29(31(34)16-36-17-31)24-10-11-41(2)39-24/h6-11,13-15,18,27,29,36H,3-5,12,16-17,34H2,1-2H3/t18-,27?,29?/m1/s1. The van der Waals surface area contributed by atoms with Crippen molar-refractivity contribution in [3.05, 3.63) is 82.0 Å². The summed E-state index contributed by atoms with van der Waals surface area (Å²) in [5.41, 5.74) is 10.9. The average Bonchev–Trinajstić information content (AvgIpc) is 3.60. The molecule has 5 aromatic rings. The highest BCUT2D eigenvalue weighted by Crippen LogP contribution is 2.38. The lowest BCUT2D eigenvalue weighted by atomic mass is 9.76. The monoisotopic (exact) mass is 633 g/mol. The van der Waals surface area contributed by atoms with Gasteiger partial charge in [-0.05, 0) is 62.6 Å². The highest BCUT2D eigenvalue weighted by atomic mass is 35.5. The van der Waals surface area contributed by atoms with Crippen LogP contribution in [0.15, 0.2) is 55.0 Å². The van der Waals surface area contributed by atoms with E-state index in [9.17, 15) is 0 Å². The van der Waals surface area contributed by atoms with E-state index in [0.717, 1.165) is 41.6 Å². The smallest absolute Gasteiger partial charge is 0.150 e. The molecule has 44 heavy (non-hydrogen) atoms. The summed E-state index contributed by atoms with van der Waals surface area (Å²) in [4.78, 5) is 4.05. The van der Waals surface area contributed by atoms with Crippen molar-refractivity contribution in [3.63, 3.8) is 0 Å². The van der Waals surface area contributed by atoms with E-state index in [-0.39, 0.29) is 12.1 Å². The lowest BCUT2D eigenvalue weighted by Gasteiger charge is -2.44. The number of nitrogens with one attached hydrogen (secondary N) is 1. The van der Waals surface area contributed by atoms with Gasteiger partial charge in [0, 0.05) is 56.3 Å². The van der Waals surface area contributed by atoms with Crippen LogP contribution in [0.3, 0.4) is 0 Å². The van der Waals surface area contributed by atoms with Gasteiger partial charge < -0.3 is 20.5 Å². The molecule has 2 aliphatic rings. The quantitative estimate of drug-likeness (QED) is 0.237. The Morgan fingerprint density at radius 3 is 2.50 bits per heavy atom. The number of hydrogen-bond acceptors (Lipinski definition) is 9. The molecule has 2 aliphatic heterocycles. The molecule has 1 aromatic carbocycles. The third-order valence-corrected chi connectivity index (χ3v) is 9.05. The molecule has 2 saturated heterocycles. The molecule has 0 aliphatic carbocycles. The van der Waals surface area contributed by atoms with Crippen molar-refractivity contribution in [3.8, 4) is 17.1 Å². The normalized spacial score (nSPS) is 19.4. The Balaban J connectivity index is 1.27. The van der Waals surface area contributed by atoms with Crippen molar-refractivity contribution >= 4 is 34.1 Å². The van der Waals surface area contributed by atoms with Gasteiger partial charge in [-0.25, -0.2) is 4.68 Å². The van der Waals surface area contributed by atoms with Crippen LogP contribution in [-0.4, -0.2) is 60.0 Å². The summed E-state index contributed by atoms with van der Waals surface area (Å²) in [6.07, 6.45) is 7.47. The summed E-state index contributed by atoms with van der Waals surface area (Å²) in [6.45, 7) is 3.95. The van der Waals surface area contributed by atoms with Crippen molar-refractivity contribution in [2.45, 2.75) is 50.0 Å². The van der Waals surface area contributed by atoms with Crippen LogP contribution in [0.2, 0.25) is 10.0 Å². The maximum atomic E-state index is 6.80. The molecule has 6 heterocycles. The number of benzene rings is 1. The Morgan fingerprint density at radius 1 is 1.05 bits per heavy atom. The zero-order chi connectivity index (χ0) is 30.4. The van der Waals surface area contributed by atoms with Crippen LogP contribution in [0.1, 0.15) is 61.4 Å². The second-order valence-electron chi connectivity index (χ2n) is 11.6. The first kappa shape index (κ1) is 29.1. The number of pyridine rings is 1. The third kappa shape index (κ3) is 5.33. The predicted molar refractivity (Wildman–Crippen MR) is 168 cm³/mol. The highest BCUT2D eigenvalue weighted by molar-refractivity contribution is 6.35. The number of ether oxygens (including phenoxy) is 2. The molecule has 228 valence electrons. The van der Waals surface area contributed by atoms with E-state index < -0.39 is 11.6 Å². The molecule has 11 nitrogen and oxygen atoms in total. The van der Waals surface area contributed by atoms with Crippen LogP contribution in [0.5, 0.6) is 5.75 Å². The zero-order valence-electron chi connectivity index (χ0n) is 24.5. The molecular weight excluding hydrogens is 601 g/mol. The molecule has 0 spiro atoms. The minimum Gasteiger partial charge on any atom is -0.486 e. The average molecular weight is 635 g/mol. The molecule has 2 unspecified atom stereocenters. The Labute approximate surface area is 264 Å². The van der Waals surface area contributed by atoms with Crippen molar-refractivity contribution in [2.75, 3.05) is 19.7 Å². The first-order valence-corrected chi connectivity index (χ1v) is 15.5. The summed E-state index contributed by atoms with van der Waals surface area (Å²) >= 11 is 12.8. The predicted octanol–water partition coefficient (Wildman–Crippen LogP) is 5.20. The van der Waals surface area contributed by atoms with E-state index in [1.165, 1.54) is 0 Å². The fraction of sp³-hybridized carbons (Fsp3) is 0.387. The Bertz CT molecular complexity index is 1780. The second kappa shape index (κ2) is 11.7. The lowest BCUT2D eigenvalue weighted by Crippen LogP contribution is -2.69. The SMILES string of the molecule is C[C@@H](Oc1ccc2c(c1)c(-c1ccc(C(c3ccn(C)n3)C3(N)CNC3)nn1)nn2C1CCCCO1)c1c(Cl)cncc1Cl. The number of nitrogens with two attached hydrogens (primary N) is 1. The van der Waals surface area contributed by atoms with Crippen molar-refractivity contribution in [2.24, 2.45) is 12.8 Å². The van der Waals surface area contributed by atoms with Gasteiger partial charge in [0.05, 0.1) is 38.4 Å². The van der Waals surface area contributed by atoms with Crippen molar-refractivity contribution in [1.82, 2.24) is 40.1 Å². The number of nitrogens with zero attached hydrogens (tertiary/aromatic N) is 7. The lowest BCUT2D eigenvalue weighted by molar-refractivity contribution is -0.0365. The summed E-state index contributed by atoms with van der Waals surface area (Å²) < 4.78 is 16.2. The van der Waals surface area contributed by atoms with Gasteiger partial charge in [0.25, 0.3) is 0 Å².